The van der Waals surface area contributed by atoms with E-state index in [0.717, 1.165) is 24.2 Å². The molecule has 6 nitrogen and oxygen atoms in total. The number of aryl methyl sites for hydroxylation is 1. The highest BCUT2D eigenvalue weighted by Gasteiger charge is 2.21. The lowest BCUT2D eigenvalue weighted by Crippen LogP contribution is -2.24. The predicted molar refractivity (Wildman–Crippen MR) is 102 cm³/mol. The summed E-state index contributed by atoms with van der Waals surface area (Å²) >= 11 is 0. The number of aromatic carboxylic acids is 1. The van der Waals surface area contributed by atoms with Crippen molar-refractivity contribution in [2.75, 3.05) is 12.4 Å². The van der Waals surface area contributed by atoms with E-state index < -0.39 is 5.97 Å². The molecule has 3 rings (SSSR count). The standard InChI is InChI=1S/C21H23NO5/c1-26-19-13-14(9-11-18(19)27-15-5-4-6-15)10-12-20(23)22-17-8-3-2-7-16(17)21(24)25/h2-3,7-9,11,13,15H,4-6,10,12H2,1H3,(H,22,23)(H,24,25). The maximum Gasteiger partial charge on any atom is 0.337 e. The number of nitrogens with one attached hydrogen (secondary N) is 1. The van der Waals surface area contributed by atoms with Gasteiger partial charge in [0.25, 0.3) is 0 Å². The maximum absolute atomic E-state index is 12.2. The SMILES string of the molecule is COc1cc(CCC(=O)Nc2ccccc2C(=O)O)ccc1OC1CCC1. The van der Waals surface area contributed by atoms with E-state index in [4.69, 9.17) is 9.47 Å². The largest absolute Gasteiger partial charge is 0.493 e. The van der Waals surface area contributed by atoms with Crippen LogP contribution in [0.25, 0.3) is 0 Å². The summed E-state index contributed by atoms with van der Waals surface area (Å²) in [5, 5.41) is 11.8. The van der Waals surface area contributed by atoms with Crippen molar-refractivity contribution >= 4 is 17.6 Å². The van der Waals surface area contributed by atoms with Crippen molar-refractivity contribution in [2.45, 2.75) is 38.2 Å². The third kappa shape index (κ3) is 4.78. The number of carbonyl (C=O) groups excluding carboxylic acids is 1. The summed E-state index contributed by atoms with van der Waals surface area (Å²) in [4.78, 5) is 23.4. The molecule has 1 aliphatic carbocycles. The molecule has 1 aliphatic rings. The zero-order chi connectivity index (χ0) is 19.2. The molecule has 6 heteroatoms. The molecule has 27 heavy (non-hydrogen) atoms. The van der Waals surface area contributed by atoms with Gasteiger partial charge in [-0.1, -0.05) is 18.2 Å². The zero-order valence-corrected chi connectivity index (χ0v) is 15.2. The first-order valence-corrected chi connectivity index (χ1v) is 9.02. The van der Waals surface area contributed by atoms with Gasteiger partial charge in [0.05, 0.1) is 24.5 Å². The number of carboxylic acids is 1. The Morgan fingerprint density at radius 2 is 1.93 bits per heavy atom. The lowest BCUT2D eigenvalue weighted by Gasteiger charge is -2.27. The minimum absolute atomic E-state index is 0.0741. The second kappa shape index (κ2) is 8.58. The van der Waals surface area contributed by atoms with E-state index in [2.05, 4.69) is 5.32 Å². The fourth-order valence-electron chi connectivity index (χ4n) is 2.88. The third-order valence-corrected chi connectivity index (χ3v) is 4.65. The van der Waals surface area contributed by atoms with Gasteiger partial charge < -0.3 is 19.9 Å². The topological polar surface area (TPSA) is 84.9 Å². The minimum atomic E-state index is -1.07. The summed E-state index contributed by atoms with van der Waals surface area (Å²) < 4.78 is 11.3. The molecule has 2 N–H and O–H groups in total. The summed E-state index contributed by atoms with van der Waals surface area (Å²) in [5.74, 6) is 0.0805. The summed E-state index contributed by atoms with van der Waals surface area (Å²) in [6, 6.07) is 12.0. The van der Waals surface area contributed by atoms with Crippen LogP contribution in [0.1, 0.15) is 41.6 Å². The molecular weight excluding hydrogens is 346 g/mol. The first-order chi connectivity index (χ1) is 13.1. The molecule has 0 saturated heterocycles. The Kier molecular flexibility index (Phi) is 5.96. The normalized spacial score (nSPS) is 13.5. The average molecular weight is 369 g/mol. The summed E-state index contributed by atoms with van der Waals surface area (Å²) in [6.45, 7) is 0. The fraction of sp³-hybridized carbons (Fsp3) is 0.333. The second-order valence-electron chi connectivity index (χ2n) is 6.55. The van der Waals surface area contributed by atoms with Crippen LogP contribution in [0.15, 0.2) is 42.5 Å². The Hall–Kier alpha value is -3.02. The van der Waals surface area contributed by atoms with Crippen LogP contribution in [0.2, 0.25) is 0 Å². The number of carboxylic acid groups (broad SMARTS) is 1. The van der Waals surface area contributed by atoms with Gasteiger partial charge in [0.15, 0.2) is 11.5 Å². The van der Waals surface area contributed by atoms with Crippen LogP contribution >= 0.6 is 0 Å². The van der Waals surface area contributed by atoms with Crippen molar-refractivity contribution in [3.05, 3.63) is 53.6 Å². The first kappa shape index (κ1) is 18.8. The van der Waals surface area contributed by atoms with Crippen LogP contribution in [0.5, 0.6) is 11.5 Å². The van der Waals surface area contributed by atoms with Crippen LogP contribution in [-0.4, -0.2) is 30.2 Å². The summed E-state index contributed by atoms with van der Waals surface area (Å²) in [6.07, 6.45) is 4.36. The minimum Gasteiger partial charge on any atom is -0.493 e. The van der Waals surface area contributed by atoms with Crippen LogP contribution in [-0.2, 0) is 11.2 Å². The van der Waals surface area contributed by atoms with Crippen LogP contribution in [0.3, 0.4) is 0 Å². The lowest BCUT2D eigenvalue weighted by atomic mass is 9.96. The molecule has 0 heterocycles. The van der Waals surface area contributed by atoms with Gasteiger partial charge in [0, 0.05) is 6.42 Å². The molecule has 2 aromatic rings. The lowest BCUT2D eigenvalue weighted by molar-refractivity contribution is -0.116. The van der Waals surface area contributed by atoms with Crippen molar-refractivity contribution in [3.63, 3.8) is 0 Å². The molecular formula is C21H23NO5. The third-order valence-electron chi connectivity index (χ3n) is 4.65. The van der Waals surface area contributed by atoms with Gasteiger partial charge in [0.1, 0.15) is 0 Å². The Balaban J connectivity index is 1.59. The number of ether oxygens (including phenoxy) is 2. The molecule has 0 atom stereocenters. The molecule has 0 radical (unpaired) electrons. The number of carbonyl (C=O) groups is 2. The zero-order valence-electron chi connectivity index (χ0n) is 15.2. The van der Waals surface area contributed by atoms with Gasteiger partial charge in [-0.15, -0.1) is 0 Å². The van der Waals surface area contributed by atoms with Gasteiger partial charge >= 0.3 is 5.97 Å². The van der Waals surface area contributed by atoms with Gasteiger partial charge in [-0.25, -0.2) is 4.79 Å². The number of para-hydroxylation sites is 1. The van der Waals surface area contributed by atoms with Crippen LogP contribution < -0.4 is 14.8 Å². The maximum atomic E-state index is 12.2. The van der Waals surface area contributed by atoms with Crippen LogP contribution in [0.4, 0.5) is 5.69 Å². The Labute approximate surface area is 158 Å². The van der Waals surface area contributed by atoms with E-state index in [1.54, 1.807) is 25.3 Å². The van der Waals surface area contributed by atoms with Gasteiger partial charge in [-0.05, 0) is 55.5 Å². The summed E-state index contributed by atoms with van der Waals surface area (Å²) in [7, 11) is 1.60. The quantitative estimate of drug-likeness (QED) is 0.737. The second-order valence-corrected chi connectivity index (χ2v) is 6.55. The van der Waals surface area contributed by atoms with Gasteiger partial charge in [-0.2, -0.15) is 0 Å². The molecule has 0 bridgehead atoms. The highest BCUT2D eigenvalue weighted by atomic mass is 16.5. The van der Waals surface area contributed by atoms with Crippen molar-refractivity contribution in [3.8, 4) is 11.5 Å². The highest BCUT2D eigenvalue weighted by molar-refractivity contribution is 6.00. The molecule has 2 aromatic carbocycles. The van der Waals surface area contributed by atoms with E-state index in [9.17, 15) is 14.7 Å². The van der Waals surface area contributed by atoms with Gasteiger partial charge in [0.2, 0.25) is 5.91 Å². The summed E-state index contributed by atoms with van der Waals surface area (Å²) in [5.41, 5.74) is 1.33. The van der Waals surface area contributed by atoms with Crippen LogP contribution in [0, 0.1) is 0 Å². The monoisotopic (exact) mass is 369 g/mol. The number of methoxy groups -OCH3 is 1. The predicted octanol–water partition coefficient (Wildman–Crippen LogP) is 3.90. The number of rotatable bonds is 8. The number of benzene rings is 2. The molecule has 1 saturated carbocycles. The van der Waals surface area contributed by atoms with Crippen molar-refractivity contribution in [1.29, 1.82) is 0 Å². The number of hydrogen-bond acceptors (Lipinski definition) is 4. The van der Waals surface area contributed by atoms with E-state index in [-0.39, 0.29) is 24.0 Å². The van der Waals surface area contributed by atoms with Gasteiger partial charge in [-0.3, -0.25) is 4.79 Å². The van der Waals surface area contributed by atoms with E-state index in [1.807, 2.05) is 18.2 Å². The fourth-order valence-corrected chi connectivity index (χ4v) is 2.88. The average Bonchev–Trinajstić information content (AvgIpc) is 2.63. The van der Waals surface area contributed by atoms with E-state index >= 15 is 0 Å². The highest BCUT2D eigenvalue weighted by Crippen LogP contribution is 2.33. The smallest absolute Gasteiger partial charge is 0.337 e. The Bertz CT molecular complexity index is 829. The van der Waals surface area contributed by atoms with Crippen molar-refractivity contribution in [2.24, 2.45) is 0 Å². The molecule has 0 aliphatic heterocycles. The molecule has 0 spiro atoms. The van der Waals surface area contributed by atoms with E-state index in [0.29, 0.717) is 17.9 Å². The molecule has 0 aromatic heterocycles. The molecule has 0 unspecified atom stereocenters. The number of amides is 1. The molecule has 1 fully saturated rings. The Morgan fingerprint density at radius 3 is 2.59 bits per heavy atom. The van der Waals surface area contributed by atoms with Crippen molar-refractivity contribution in [1.82, 2.24) is 0 Å². The first-order valence-electron chi connectivity index (χ1n) is 9.02. The number of hydrogen-bond donors (Lipinski definition) is 2. The number of anilines is 1. The van der Waals surface area contributed by atoms with Crippen molar-refractivity contribution < 1.29 is 24.2 Å². The molecule has 142 valence electrons. The van der Waals surface area contributed by atoms with E-state index in [1.165, 1.54) is 12.5 Å². The Morgan fingerprint density at radius 1 is 1.15 bits per heavy atom. The molecule has 1 amide bonds.